The first-order valence-electron chi connectivity index (χ1n) is 5.99. The number of rotatable bonds is 2. The van der Waals surface area contributed by atoms with Crippen molar-refractivity contribution in [1.29, 1.82) is 0 Å². The average molecular weight is 281 g/mol. The van der Waals surface area contributed by atoms with Gasteiger partial charge in [-0.25, -0.2) is 9.67 Å². The highest BCUT2D eigenvalue weighted by atomic mass is 35.5. The van der Waals surface area contributed by atoms with Crippen LogP contribution < -0.4 is 4.74 Å². The molecule has 0 amide bonds. The molecule has 0 fully saturated rings. The van der Waals surface area contributed by atoms with Crippen LogP contribution in [0.15, 0.2) is 12.1 Å². The van der Waals surface area contributed by atoms with Gasteiger partial charge in [0, 0.05) is 24.6 Å². The second kappa shape index (κ2) is 4.81. The fourth-order valence-corrected chi connectivity index (χ4v) is 1.75. The smallest absolute Gasteiger partial charge is 0.226 e. The quantitative estimate of drug-likeness (QED) is 0.792. The first kappa shape index (κ1) is 13.8. The van der Waals surface area contributed by atoms with Crippen LogP contribution in [0.25, 0.3) is 0 Å². The summed E-state index contributed by atoms with van der Waals surface area (Å²) in [7, 11) is 1.82. The molecular weight excluding hydrogens is 264 g/mol. The molecule has 0 unspecified atom stereocenters. The van der Waals surface area contributed by atoms with Gasteiger partial charge in [-0.1, -0.05) is 32.4 Å². The van der Waals surface area contributed by atoms with E-state index in [2.05, 4.69) is 15.1 Å². The SMILES string of the molecule is Cc1cc(Oc2cc(Cl)nc(C(C)(C)C)n2)n(C)n1. The van der Waals surface area contributed by atoms with Crippen LogP contribution in [0.5, 0.6) is 11.8 Å². The highest BCUT2D eigenvalue weighted by molar-refractivity contribution is 6.29. The molecule has 0 N–H and O–H groups in total. The third kappa shape index (κ3) is 3.23. The Morgan fingerprint density at radius 3 is 2.42 bits per heavy atom. The Kier molecular flexibility index (Phi) is 3.49. The van der Waals surface area contributed by atoms with Crippen molar-refractivity contribution in [3.05, 3.63) is 28.8 Å². The van der Waals surface area contributed by atoms with E-state index in [1.54, 1.807) is 10.7 Å². The van der Waals surface area contributed by atoms with Crippen LogP contribution >= 0.6 is 11.6 Å². The van der Waals surface area contributed by atoms with Gasteiger partial charge >= 0.3 is 0 Å². The fraction of sp³-hybridized carbons (Fsp3) is 0.462. The lowest BCUT2D eigenvalue weighted by Gasteiger charge is -2.17. The predicted molar refractivity (Wildman–Crippen MR) is 73.8 cm³/mol. The molecule has 0 saturated heterocycles. The highest BCUT2D eigenvalue weighted by Crippen LogP contribution is 2.26. The topological polar surface area (TPSA) is 52.8 Å². The molecule has 0 spiro atoms. The summed E-state index contributed by atoms with van der Waals surface area (Å²) in [4.78, 5) is 8.62. The molecule has 0 aliphatic rings. The zero-order chi connectivity index (χ0) is 14.2. The number of hydrogen-bond donors (Lipinski definition) is 0. The number of ether oxygens (including phenoxy) is 1. The number of aryl methyl sites for hydroxylation is 2. The van der Waals surface area contributed by atoms with Crippen LogP contribution in [-0.4, -0.2) is 19.7 Å². The zero-order valence-corrected chi connectivity index (χ0v) is 12.5. The van der Waals surface area contributed by atoms with Crippen molar-refractivity contribution < 1.29 is 4.74 Å². The largest absolute Gasteiger partial charge is 0.421 e. The molecule has 2 aromatic heterocycles. The van der Waals surface area contributed by atoms with Gasteiger partial charge in [0.15, 0.2) is 0 Å². The van der Waals surface area contributed by atoms with E-state index in [9.17, 15) is 0 Å². The maximum Gasteiger partial charge on any atom is 0.226 e. The van der Waals surface area contributed by atoms with E-state index in [0.717, 1.165) is 5.69 Å². The second-order valence-electron chi connectivity index (χ2n) is 5.45. The van der Waals surface area contributed by atoms with Gasteiger partial charge in [0.2, 0.25) is 11.8 Å². The van der Waals surface area contributed by atoms with Crippen molar-refractivity contribution in [3.63, 3.8) is 0 Å². The zero-order valence-electron chi connectivity index (χ0n) is 11.7. The van der Waals surface area contributed by atoms with Crippen molar-refractivity contribution >= 4 is 11.6 Å². The average Bonchev–Trinajstić information content (AvgIpc) is 2.55. The van der Waals surface area contributed by atoms with Gasteiger partial charge in [0.25, 0.3) is 0 Å². The molecule has 0 aliphatic heterocycles. The number of nitrogens with zero attached hydrogens (tertiary/aromatic N) is 4. The Balaban J connectivity index is 2.35. The highest BCUT2D eigenvalue weighted by Gasteiger charge is 2.19. The summed E-state index contributed by atoms with van der Waals surface area (Å²) in [5.41, 5.74) is 0.694. The molecule has 19 heavy (non-hydrogen) atoms. The van der Waals surface area contributed by atoms with Gasteiger partial charge < -0.3 is 4.74 Å². The van der Waals surface area contributed by atoms with Crippen LogP contribution in [-0.2, 0) is 12.5 Å². The lowest BCUT2D eigenvalue weighted by Crippen LogP contribution is -2.16. The van der Waals surface area contributed by atoms with Crippen molar-refractivity contribution in [1.82, 2.24) is 19.7 Å². The van der Waals surface area contributed by atoms with Crippen molar-refractivity contribution in [2.45, 2.75) is 33.1 Å². The van der Waals surface area contributed by atoms with Gasteiger partial charge in [-0.3, -0.25) is 0 Å². The van der Waals surface area contributed by atoms with Crippen LogP contribution in [0.4, 0.5) is 0 Å². The third-order valence-electron chi connectivity index (χ3n) is 2.51. The van der Waals surface area contributed by atoms with E-state index in [-0.39, 0.29) is 5.41 Å². The van der Waals surface area contributed by atoms with Gasteiger partial charge in [0.1, 0.15) is 11.0 Å². The molecule has 2 rings (SSSR count). The summed E-state index contributed by atoms with van der Waals surface area (Å²) in [6.07, 6.45) is 0. The van der Waals surface area contributed by atoms with Crippen LogP contribution in [0.3, 0.4) is 0 Å². The summed E-state index contributed by atoms with van der Waals surface area (Å²) in [6, 6.07) is 3.44. The standard InChI is InChI=1S/C13H17ClN4O/c1-8-6-11(18(5)17-8)19-10-7-9(14)15-12(16-10)13(2,3)4/h6-7H,1-5H3. The molecule has 6 heteroatoms. The lowest BCUT2D eigenvalue weighted by atomic mass is 9.96. The minimum Gasteiger partial charge on any atom is -0.421 e. The molecule has 0 bridgehead atoms. The molecule has 102 valence electrons. The van der Waals surface area contributed by atoms with Crippen molar-refractivity contribution in [2.24, 2.45) is 7.05 Å². The maximum absolute atomic E-state index is 6.01. The summed E-state index contributed by atoms with van der Waals surface area (Å²) in [5, 5.41) is 4.59. The second-order valence-corrected chi connectivity index (χ2v) is 5.84. The van der Waals surface area contributed by atoms with Crippen LogP contribution in [0.2, 0.25) is 5.15 Å². The van der Waals surface area contributed by atoms with Gasteiger partial charge in [-0.05, 0) is 6.92 Å². The monoisotopic (exact) mass is 280 g/mol. The Morgan fingerprint density at radius 2 is 1.89 bits per heavy atom. The van der Waals surface area contributed by atoms with E-state index in [1.807, 2.05) is 40.8 Å². The summed E-state index contributed by atoms with van der Waals surface area (Å²) >= 11 is 6.01. The van der Waals surface area contributed by atoms with E-state index >= 15 is 0 Å². The lowest BCUT2D eigenvalue weighted by molar-refractivity contribution is 0.406. The van der Waals surface area contributed by atoms with E-state index < -0.39 is 0 Å². The minimum absolute atomic E-state index is 0.189. The van der Waals surface area contributed by atoms with Crippen LogP contribution in [0.1, 0.15) is 32.3 Å². The Hall–Kier alpha value is -1.62. The summed E-state index contributed by atoms with van der Waals surface area (Å²) < 4.78 is 7.37. The molecule has 0 saturated carbocycles. The number of hydrogen-bond acceptors (Lipinski definition) is 4. The molecule has 0 aromatic carbocycles. The Labute approximate surface area is 117 Å². The van der Waals surface area contributed by atoms with Crippen molar-refractivity contribution in [2.75, 3.05) is 0 Å². The van der Waals surface area contributed by atoms with Crippen molar-refractivity contribution in [3.8, 4) is 11.8 Å². The summed E-state index contributed by atoms with van der Waals surface area (Å²) in [5.74, 6) is 1.69. The van der Waals surface area contributed by atoms with Gasteiger partial charge in [0.05, 0.1) is 5.69 Å². The minimum atomic E-state index is -0.189. The predicted octanol–water partition coefficient (Wildman–Crippen LogP) is 3.26. The molecular formula is C13H17ClN4O. The summed E-state index contributed by atoms with van der Waals surface area (Å²) in [6.45, 7) is 7.98. The van der Waals surface area contributed by atoms with Crippen LogP contribution in [0, 0.1) is 6.92 Å². The molecule has 0 atom stereocenters. The van der Waals surface area contributed by atoms with E-state index in [1.165, 1.54) is 0 Å². The van der Waals surface area contributed by atoms with E-state index in [4.69, 9.17) is 16.3 Å². The fourth-order valence-electron chi connectivity index (χ4n) is 1.57. The first-order valence-corrected chi connectivity index (χ1v) is 6.37. The Morgan fingerprint density at radius 1 is 1.21 bits per heavy atom. The number of halogens is 1. The van der Waals surface area contributed by atoms with E-state index in [0.29, 0.717) is 22.7 Å². The van der Waals surface area contributed by atoms with Gasteiger partial charge in [-0.15, -0.1) is 0 Å². The molecule has 0 radical (unpaired) electrons. The maximum atomic E-state index is 6.01. The molecule has 2 heterocycles. The molecule has 2 aromatic rings. The Bertz CT molecular complexity index is 601. The first-order chi connectivity index (χ1) is 8.75. The van der Waals surface area contributed by atoms with Gasteiger partial charge in [-0.2, -0.15) is 10.1 Å². The number of aromatic nitrogens is 4. The molecule has 5 nitrogen and oxygen atoms in total. The normalized spacial score (nSPS) is 11.7. The third-order valence-corrected chi connectivity index (χ3v) is 2.70. The molecule has 0 aliphatic carbocycles.